The molecule has 1 aliphatic heterocycles. The first-order chi connectivity index (χ1) is 6.46. The molecule has 0 bridgehead atoms. The van der Waals surface area contributed by atoms with Crippen LogP contribution < -0.4 is 0 Å². The minimum atomic E-state index is -4.14. The number of ether oxygens (including phenoxy) is 1. The standard InChI is InChI=1S/C7H15NO5S/c1-2-7(14(10,11)12)8-3-4-13-5-6(8)9/h6-7,9H,2-5H2,1H3,(H,10,11,12). The lowest BCUT2D eigenvalue weighted by molar-refractivity contribution is -0.112. The quantitative estimate of drug-likeness (QED) is 0.615. The Labute approximate surface area is 83.2 Å². The van der Waals surface area contributed by atoms with Gasteiger partial charge in [-0.3, -0.25) is 9.45 Å². The second kappa shape index (κ2) is 4.54. The van der Waals surface area contributed by atoms with Gasteiger partial charge in [0.15, 0.2) is 0 Å². The highest BCUT2D eigenvalue weighted by atomic mass is 32.2. The normalized spacial score (nSPS) is 27.5. The average molecular weight is 225 g/mol. The third-order valence-electron chi connectivity index (χ3n) is 2.21. The Morgan fingerprint density at radius 3 is 2.71 bits per heavy atom. The molecule has 1 fully saturated rings. The summed E-state index contributed by atoms with van der Waals surface area (Å²) in [4.78, 5) is 1.33. The van der Waals surface area contributed by atoms with E-state index in [-0.39, 0.29) is 13.0 Å². The van der Waals surface area contributed by atoms with Gasteiger partial charge in [-0.2, -0.15) is 8.42 Å². The average Bonchev–Trinajstić information content (AvgIpc) is 2.07. The number of aliphatic hydroxyl groups excluding tert-OH is 1. The largest absolute Gasteiger partial charge is 0.376 e. The first-order valence-corrected chi connectivity index (χ1v) is 5.95. The molecule has 1 heterocycles. The van der Waals surface area contributed by atoms with E-state index in [9.17, 15) is 13.5 Å². The van der Waals surface area contributed by atoms with Crippen LogP contribution in [0.3, 0.4) is 0 Å². The number of aliphatic hydroxyl groups is 1. The number of morpholine rings is 1. The van der Waals surface area contributed by atoms with Crippen LogP contribution in [0.1, 0.15) is 13.3 Å². The maximum absolute atomic E-state index is 11.0. The van der Waals surface area contributed by atoms with Gasteiger partial charge in [-0.25, -0.2) is 0 Å². The van der Waals surface area contributed by atoms with Gasteiger partial charge < -0.3 is 9.84 Å². The van der Waals surface area contributed by atoms with Gasteiger partial charge in [0.1, 0.15) is 11.6 Å². The molecule has 0 amide bonds. The summed E-state index contributed by atoms with van der Waals surface area (Å²) in [6, 6.07) is 0. The lowest BCUT2D eigenvalue weighted by Gasteiger charge is -2.35. The molecule has 1 rings (SSSR count). The molecule has 84 valence electrons. The molecule has 0 aromatic rings. The van der Waals surface area contributed by atoms with Crippen molar-refractivity contribution in [3.63, 3.8) is 0 Å². The van der Waals surface area contributed by atoms with E-state index < -0.39 is 21.7 Å². The Balaban J connectivity index is 2.77. The SMILES string of the molecule is CCC(N1CCOCC1O)S(=O)(=O)O. The highest BCUT2D eigenvalue weighted by molar-refractivity contribution is 7.86. The van der Waals surface area contributed by atoms with Gasteiger partial charge >= 0.3 is 0 Å². The Bertz CT molecular complexity index is 278. The predicted molar refractivity (Wildman–Crippen MR) is 49.2 cm³/mol. The summed E-state index contributed by atoms with van der Waals surface area (Å²) in [5, 5.41) is 8.42. The lowest BCUT2D eigenvalue weighted by Crippen LogP contribution is -2.53. The van der Waals surface area contributed by atoms with Gasteiger partial charge in [0.25, 0.3) is 10.1 Å². The van der Waals surface area contributed by atoms with Crippen LogP contribution in [0, 0.1) is 0 Å². The fraction of sp³-hybridized carbons (Fsp3) is 1.00. The molecule has 14 heavy (non-hydrogen) atoms. The Morgan fingerprint density at radius 1 is 1.64 bits per heavy atom. The van der Waals surface area contributed by atoms with Gasteiger partial charge in [-0.15, -0.1) is 0 Å². The summed E-state index contributed by atoms with van der Waals surface area (Å²) in [7, 11) is -4.14. The van der Waals surface area contributed by atoms with Crippen LogP contribution in [0.25, 0.3) is 0 Å². The second-order valence-corrected chi connectivity index (χ2v) is 4.75. The van der Waals surface area contributed by atoms with E-state index in [0.29, 0.717) is 13.2 Å². The minimum absolute atomic E-state index is 0.0754. The van der Waals surface area contributed by atoms with E-state index >= 15 is 0 Å². The number of hydrogen-bond donors (Lipinski definition) is 2. The van der Waals surface area contributed by atoms with Crippen molar-refractivity contribution in [3.8, 4) is 0 Å². The van der Waals surface area contributed by atoms with Gasteiger partial charge in [0, 0.05) is 6.54 Å². The Kier molecular flexibility index (Phi) is 3.85. The maximum Gasteiger partial charge on any atom is 0.281 e. The molecule has 0 saturated carbocycles. The van der Waals surface area contributed by atoms with Crippen molar-refractivity contribution < 1.29 is 22.8 Å². The summed E-state index contributed by atoms with van der Waals surface area (Å²) in [5.74, 6) is 0. The van der Waals surface area contributed by atoms with Crippen LogP contribution in [0.2, 0.25) is 0 Å². The van der Waals surface area contributed by atoms with E-state index in [4.69, 9.17) is 9.29 Å². The van der Waals surface area contributed by atoms with Crippen LogP contribution >= 0.6 is 0 Å². The number of rotatable bonds is 3. The molecule has 2 atom stereocenters. The van der Waals surface area contributed by atoms with Crippen LogP contribution in [-0.4, -0.2) is 54.3 Å². The van der Waals surface area contributed by atoms with E-state index in [2.05, 4.69) is 0 Å². The first kappa shape index (κ1) is 11.9. The third-order valence-corrected chi connectivity index (χ3v) is 3.50. The van der Waals surface area contributed by atoms with E-state index in [1.165, 1.54) is 4.90 Å². The van der Waals surface area contributed by atoms with Crippen LogP contribution in [0.15, 0.2) is 0 Å². The first-order valence-electron chi connectivity index (χ1n) is 4.44. The molecule has 0 aromatic carbocycles. The van der Waals surface area contributed by atoms with Gasteiger partial charge in [0.2, 0.25) is 0 Å². The van der Waals surface area contributed by atoms with Crippen molar-refractivity contribution in [2.75, 3.05) is 19.8 Å². The van der Waals surface area contributed by atoms with Crippen molar-refractivity contribution in [2.24, 2.45) is 0 Å². The monoisotopic (exact) mass is 225 g/mol. The molecular weight excluding hydrogens is 210 g/mol. The number of hydrogen-bond acceptors (Lipinski definition) is 5. The molecule has 1 saturated heterocycles. The molecule has 0 radical (unpaired) electrons. The molecule has 1 aliphatic rings. The van der Waals surface area contributed by atoms with E-state index in [1.807, 2.05) is 0 Å². The molecule has 7 heteroatoms. The zero-order valence-electron chi connectivity index (χ0n) is 7.96. The molecular formula is C7H15NO5S. The Hall–Kier alpha value is -0.210. The number of nitrogens with zero attached hydrogens (tertiary/aromatic N) is 1. The lowest BCUT2D eigenvalue weighted by atomic mass is 10.3. The molecule has 0 aromatic heterocycles. The molecule has 0 aliphatic carbocycles. The Morgan fingerprint density at radius 2 is 2.29 bits per heavy atom. The van der Waals surface area contributed by atoms with Gasteiger partial charge in [-0.05, 0) is 6.42 Å². The van der Waals surface area contributed by atoms with Crippen molar-refractivity contribution in [1.82, 2.24) is 4.90 Å². The second-order valence-electron chi connectivity index (χ2n) is 3.17. The smallest absolute Gasteiger partial charge is 0.281 e. The van der Waals surface area contributed by atoms with Crippen molar-refractivity contribution >= 4 is 10.1 Å². The van der Waals surface area contributed by atoms with Crippen molar-refractivity contribution in [1.29, 1.82) is 0 Å². The van der Waals surface area contributed by atoms with Crippen molar-refractivity contribution in [3.05, 3.63) is 0 Å². The van der Waals surface area contributed by atoms with Crippen LogP contribution in [0.4, 0.5) is 0 Å². The highest BCUT2D eigenvalue weighted by Crippen LogP contribution is 2.15. The minimum Gasteiger partial charge on any atom is -0.376 e. The molecule has 2 unspecified atom stereocenters. The van der Waals surface area contributed by atoms with Gasteiger partial charge in [-0.1, -0.05) is 6.92 Å². The summed E-state index contributed by atoms with van der Waals surface area (Å²) < 4.78 is 35.8. The van der Waals surface area contributed by atoms with Crippen molar-refractivity contribution in [2.45, 2.75) is 24.9 Å². The van der Waals surface area contributed by atoms with Crippen LogP contribution in [-0.2, 0) is 14.9 Å². The van der Waals surface area contributed by atoms with Gasteiger partial charge in [0.05, 0.1) is 13.2 Å². The predicted octanol–water partition coefficient (Wildman–Crippen LogP) is -0.739. The molecule has 0 spiro atoms. The van der Waals surface area contributed by atoms with E-state index in [0.717, 1.165) is 0 Å². The summed E-state index contributed by atoms with van der Waals surface area (Å²) in [6.45, 7) is 2.38. The van der Waals surface area contributed by atoms with E-state index in [1.54, 1.807) is 6.92 Å². The topological polar surface area (TPSA) is 87.1 Å². The fourth-order valence-corrected chi connectivity index (χ4v) is 2.56. The zero-order chi connectivity index (χ0) is 10.8. The fourth-order valence-electron chi connectivity index (χ4n) is 1.56. The molecule has 6 nitrogen and oxygen atoms in total. The summed E-state index contributed by atoms with van der Waals surface area (Å²) >= 11 is 0. The maximum atomic E-state index is 11.0. The van der Waals surface area contributed by atoms with Crippen LogP contribution in [0.5, 0.6) is 0 Å². The summed E-state index contributed by atoms with van der Waals surface area (Å²) in [5.41, 5.74) is 0. The highest BCUT2D eigenvalue weighted by Gasteiger charge is 2.34. The summed E-state index contributed by atoms with van der Waals surface area (Å²) in [6.07, 6.45) is -0.730. The third kappa shape index (κ3) is 2.64. The zero-order valence-corrected chi connectivity index (χ0v) is 8.77. The molecule has 2 N–H and O–H groups in total.